The Kier molecular flexibility index (Phi) is 5.91. The lowest BCUT2D eigenvalue weighted by Crippen LogP contribution is -2.32. The van der Waals surface area contributed by atoms with Crippen LogP contribution in [0, 0.1) is 6.92 Å². The first-order valence-corrected chi connectivity index (χ1v) is 9.11. The summed E-state index contributed by atoms with van der Waals surface area (Å²) in [6.45, 7) is 3.00. The fourth-order valence-corrected chi connectivity index (χ4v) is 3.30. The standard InChI is InChI=1S/C19H21N3O3S/c1-13-7-8-15(16(11-13)24-2)25-12-18(23)20-9-10-21-19-22-14-5-3-4-6-17(14)26-19/h3-8,11H,9-10,12H2,1-2H3,(H,20,23)(H,21,22). The number of rotatable bonds is 8. The molecule has 136 valence electrons. The number of thiazole rings is 1. The van der Waals surface area contributed by atoms with Gasteiger partial charge in [0.25, 0.3) is 5.91 Å². The molecule has 3 aromatic rings. The minimum atomic E-state index is -0.182. The third-order valence-electron chi connectivity index (χ3n) is 3.70. The van der Waals surface area contributed by atoms with E-state index in [0.29, 0.717) is 24.6 Å². The highest BCUT2D eigenvalue weighted by atomic mass is 32.1. The number of hydrogen-bond donors (Lipinski definition) is 2. The molecule has 0 radical (unpaired) electrons. The Bertz CT molecular complexity index is 862. The van der Waals surface area contributed by atoms with Crippen molar-refractivity contribution in [3.05, 3.63) is 48.0 Å². The lowest BCUT2D eigenvalue weighted by molar-refractivity contribution is -0.123. The Hall–Kier alpha value is -2.80. The van der Waals surface area contributed by atoms with Crippen LogP contribution in [0.2, 0.25) is 0 Å². The zero-order chi connectivity index (χ0) is 18.4. The lowest BCUT2D eigenvalue weighted by atomic mass is 10.2. The number of aromatic nitrogens is 1. The molecule has 2 aromatic carbocycles. The molecular formula is C19H21N3O3S. The molecule has 26 heavy (non-hydrogen) atoms. The molecule has 0 fully saturated rings. The average Bonchev–Trinajstić information content (AvgIpc) is 3.07. The van der Waals surface area contributed by atoms with E-state index in [2.05, 4.69) is 15.6 Å². The van der Waals surface area contributed by atoms with Crippen LogP contribution >= 0.6 is 11.3 Å². The van der Waals surface area contributed by atoms with Gasteiger partial charge >= 0.3 is 0 Å². The van der Waals surface area contributed by atoms with Gasteiger partial charge in [0.15, 0.2) is 23.2 Å². The van der Waals surface area contributed by atoms with Crippen LogP contribution in [0.5, 0.6) is 11.5 Å². The molecule has 1 aromatic heterocycles. The van der Waals surface area contributed by atoms with Gasteiger partial charge in [-0.05, 0) is 36.8 Å². The number of nitrogens with one attached hydrogen (secondary N) is 2. The van der Waals surface area contributed by atoms with Crippen molar-refractivity contribution in [2.24, 2.45) is 0 Å². The van der Waals surface area contributed by atoms with E-state index in [1.165, 1.54) is 0 Å². The fraction of sp³-hybridized carbons (Fsp3) is 0.263. The van der Waals surface area contributed by atoms with Crippen molar-refractivity contribution >= 4 is 32.6 Å². The Labute approximate surface area is 156 Å². The summed E-state index contributed by atoms with van der Waals surface area (Å²) in [5.74, 6) is 0.995. The third-order valence-corrected chi connectivity index (χ3v) is 4.69. The summed E-state index contributed by atoms with van der Waals surface area (Å²) in [6, 6.07) is 13.6. The topological polar surface area (TPSA) is 72.5 Å². The normalized spacial score (nSPS) is 10.5. The molecule has 0 bridgehead atoms. The van der Waals surface area contributed by atoms with Gasteiger partial charge in [0.2, 0.25) is 0 Å². The van der Waals surface area contributed by atoms with Gasteiger partial charge in [0, 0.05) is 13.1 Å². The van der Waals surface area contributed by atoms with Crippen LogP contribution in [-0.4, -0.2) is 37.7 Å². The van der Waals surface area contributed by atoms with Crippen LogP contribution < -0.4 is 20.1 Å². The minimum Gasteiger partial charge on any atom is -0.493 e. The van der Waals surface area contributed by atoms with Gasteiger partial charge in [-0.1, -0.05) is 29.5 Å². The summed E-state index contributed by atoms with van der Waals surface area (Å²) in [6.07, 6.45) is 0. The number of anilines is 1. The highest BCUT2D eigenvalue weighted by Gasteiger charge is 2.08. The number of fused-ring (bicyclic) bond motifs is 1. The van der Waals surface area contributed by atoms with Gasteiger partial charge in [0.05, 0.1) is 17.3 Å². The number of aryl methyl sites for hydroxylation is 1. The molecule has 0 aliphatic rings. The molecule has 0 unspecified atom stereocenters. The first kappa shape index (κ1) is 18.0. The molecule has 1 heterocycles. The van der Waals surface area contributed by atoms with E-state index < -0.39 is 0 Å². The smallest absolute Gasteiger partial charge is 0.258 e. The summed E-state index contributed by atoms with van der Waals surface area (Å²) < 4.78 is 11.9. The van der Waals surface area contributed by atoms with Crippen molar-refractivity contribution in [3.63, 3.8) is 0 Å². The molecule has 0 saturated heterocycles. The lowest BCUT2D eigenvalue weighted by Gasteiger charge is -2.11. The van der Waals surface area contributed by atoms with E-state index in [0.717, 1.165) is 20.9 Å². The van der Waals surface area contributed by atoms with E-state index in [-0.39, 0.29) is 12.5 Å². The van der Waals surface area contributed by atoms with Crippen LogP contribution in [0.15, 0.2) is 42.5 Å². The molecule has 3 rings (SSSR count). The van der Waals surface area contributed by atoms with Gasteiger partial charge in [-0.25, -0.2) is 4.98 Å². The van der Waals surface area contributed by atoms with E-state index >= 15 is 0 Å². The van der Waals surface area contributed by atoms with Crippen LogP contribution in [-0.2, 0) is 4.79 Å². The van der Waals surface area contributed by atoms with E-state index in [1.54, 1.807) is 24.5 Å². The number of carbonyl (C=O) groups excluding carboxylic acids is 1. The summed E-state index contributed by atoms with van der Waals surface area (Å²) in [4.78, 5) is 16.4. The maximum atomic E-state index is 11.9. The number of para-hydroxylation sites is 1. The fourth-order valence-electron chi connectivity index (χ4n) is 2.41. The quantitative estimate of drug-likeness (QED) is 0.595. The number of ether oxygens (including phenoxy) is 2. The maximum Gasteiger partial charge on any atom is 0.258 e. The Morgan fingerprint density at radius 3 is 2.81 bits per heavy atom. The SMILES string of the molecule is COc1cc(C)ccc1OCC(=O)NCCNc1nc2ccccc2s1. The summed E-state index contributed by atoms with van der Waals surface area (Å²) in [5.41, 5.74) is 2.05. The molecule has 7 heteroatoms. The van der Waals surface area contributed by atoms with Crippen molar-refractivity contribution in [2.45, 2.75) is 6.92 Å². The van der Waals surface area contributed by atoms with E-state index in [1.807, 2.05) is 43.3 Å². The second kappa shape index (κ2) is 8.53. The number of nitrogens with zero attached hydrogens (tertiary/aromatic N) is 1. The number of benzene rings is 2. The van der Waals surface area contributed by atoms with Crippen molar-refractivity contribution in [3.8, 4) is 11.5 Å². The Morgan fingerprint density at radius 2 is 2.00 bits per heavy atom. The maximum absolute atomic E-state index is 11.9. The Morgan fingerprint density at radius 1 is 1.15 bits per heavy atom. The Balaban J connectivity index is 1.40. The number of methoxy groups -OCH3 is 1. The highest BCUT2D eigenvalue weighted by molar-refractivity contribution is 7.22. The van der Waals surface area contributed by atoms with Gasteiger partial charge < -0.3 is 20.1 Å². The predicted octanol–water partition coefficient (Wildman–Crippen LogP) is 3.22. The summed E-state index contributed by atoms with van der Waals surface area (Å²) in [5, 5.41) is 6.88. The zero-order valence-corrected chi connectivity index (χ0v) is 15.6. The molecule has 1 amide bonds. The molecule has 0 aliphatic carbocycles. The van der Waals surface area contributed by atoms with Crippen LogP contribution in [0.1, 0.15) is 5.56 Å². The molecule has 0 aliphatic heterocycles. The molecule has 6 nitrogen and oxygen atoms in total. The van der Waals surface area contributed by atoms with Crippen LogP contribution in [0.4, 0.5) is 5.13 Å². The molecule has 0 atom stereocenters. The molecule has 2 N–H and O–H groups in total. The summed E-state index contributed by atoms with van der Waals surface area (Å²) >= 11 is 1.60. The van der Waals surface area contributed by atoms with Gasteiger partial charge in [-0.2, -0.15) is 0 Å². The van der Waals surface area contributed by atoms with Crippen LogP contribution in [0.3, 0.4) is 0 Å². The third kappa shape index (κ3) is 4.64. The molecule has 0 saturated carbocycles. The monoisotopic (exact) mass is 371 g/mol. The highest BCUT2D eigenvalue weighted by Crippen LogP contribution is 2.27. The predicted molar refractivity (Wildman–Crippen MR) is 104 cm³/mol. The van der Waals surface area contributed by atoms with Crippen molar-refractivity contribution < 1.29 is 14.3 Å². The van der Waals surface area contributed by atoms with E-state index in [4.69, 9.17) is 9.47 Å². The van der Waals surface area contributed by atoms with Gasteiger partial charge in [-0.3, -0.25) is 4.79 Å². The van der Waals surface area contributed by atoms with Gasteiger partial charge in [-0.15, -0.1) is 0 Å². The average molecular weight is 371 g/mol. The molecular weight excluding hydrogens is 350 g/mol. The summed E-state index contributed by atoms with van der Waals surface area (Å²) in [7, 11) is 1.58. The number of amides is 1. The van der Waals surface area contributed by atoms with Crippen molar-refractivity contribution in [2.75, 3.05) is 32.1 Å². The van der Waals surface area contributed by atoms with Gasteiger partial charge in [0.1, 0.15) is 0 Å². The van der Waals surface area contributed by atoms with E-state index in [9.17, 15) is 4.79 Å². The first-order chi connectivity index (χ1) is 12.7. The van der Waals surface area contributed by atoms with Crippen LogP contribution in [0.25, 0.3) is 10.2 Å². The zero-order valence-electron chi connectivity index (χ0n) is 14.7. The first-order valence-electron chi connectivity index (χ1n) is 8.29. The number of carbonyl (C=O) groups is 1. The van der Waals surface area contributed by atoms with Crippen molar-refractivity contribution in [1.82, 2.24) is 10.3 Å². The number of hydrogen-bond acceptors (Lipinski definition) is 6. The largest absolute Gasteiger partial charge is 0.493 e. The second-order valence-corrected chi connectivity index (χ2v) is 6.74. The molecule has 0 spiro atoms. The minimum absolute atomic E-state index is 0.0550. The van der Waals surface area contributed by atoms with Crippen molar-refractivity contribution in [1.29, 1.82) is 0 Å². The second-order valence-electron chi connectivity index (χ2n) is 5.71.